The standard InChI is InChI=1S/C28H23F5O3/c1-2-3-4-5-6-13-35-21-11-9-18(10-12-21)7-8-19-14-24(31)27(25(32)15-19)36-28(34)20-16-22(29)26(33)23(30)17-20/h9-12,14-17H,2-6,13H2,1H3. The minimum atomic E-state index is -1.79. The number of esters is 1. The lowest BCUT2D eigenvalue weighted by atomic mass is 10.1. The molecule has 0 bridgehead atoms. The molecule has 0 aromatic heterocycles. The molecule has 0 saturated heterocycles. The molecule has 3 aromatic carbocycles. The van der Waals surface area contributed by atoms with E-state index in [4.69, 9.17) is 4.74 Å². The fourth-order valence-electron chi connectivity index (χ4n) is 3.23. The average molecular weight is 502 g/mol. The van der Waals surface area contributed by atoms with Crippen molar-refractivity contribution in [1.29, 1.82) is 0 Å². The third kappa shape index (κ3) is 7.32. The van der Waals surface area contributed by atoms with E-state index in [-0.39, 0.29) is 5.56 Å². The molecule has 0 fully saturated rings. The molecule has 0 amide bonds. The smallest absolute Gasteiger partial charge is 0.343 e. The summed E-state index contributed by atoms with van der Waals surface area (Å²) in [5, 5.41) is 0. The number of halogens is 5. The zero-order valence-corrected chi connectivity index (χ0v) is 19.5. The van der Waals surface area contributed by atoms with Crippen LogP contribution in [0, 0.1) is 40.9 Å². The predicted octanol–water partition coefficient (Wildman–Crippen LogP) is 7.35. The van der Waals surface area contributed by atoms with Crippen molar-refractivity contribution in [3.8, 4) is 23.3 Å². The number of benzene rings is 3. The molecule has 0 spiro atoms. The van der Waals surface area contributed by atoms with Gasteiger partial charge in [-0.3, -0.25) is 0 Å². The Morgan fingerprint density at radius 3 is 1.94 bits per heavy atom. The summed E-state index contributed by atoms with van der Waals surface area (Å²) in [5.74, 6) is -4.04. The molecule has 0 N–H and O–H groups in total. The Labute approximate surface area is 205 Å². The molecule has 0 heterocycles. The second kappa shape index (κ2) is 12.7. The average Bonchev–Trinajstić information content (AvgIpc) is 2.85. The molecule has 0 saturated carbocycles. The second-order valence-electron chi connectivity index (χ2n) is 7.95. The van der Waals surface area contributed by atoms with E-state index in [1.165, 1.54) is 19.3 Å². The van der Waals surface area contributed by atoms with Crippen molar-refractivity contribution in [3.63, 3.8) is 0 Å². The van der Waals surface area contributed by atoms with Gasteiger partial charge in [0.25, 0.3) is 0 Å². The largest absolute Gasteiger partial charge is 0.494 e. The molecule has 3 rings (SSSR count). The molecular formula is C28H23F5O3. The molecule has 8 heteroatoms. The SMILES string of the molecule is CCCCCCCOc1ccc(C#Cc2cc(F)c(OC(=O)c3cc(F)c(F)c(F)c3)c(F)c2)cc1. The van der Waals surface area contributed by atoms with Crippen LogP contribution in [0.3, 0.4) is 0 Å². The summed E-state index contributed by atoms with van der Waals surface area (Å²) in [5.41, 5.74) is -0.198. The van der Waals surface area contributed by atoms with E-state index in [9.17, 15) is 26.7 Å². The lowest BCUT2D eigenvalue weighted by Crippen LogP contribution is -2.12. The minimum Gasteiger partial charge on any atom is -0.494 e. The fourth-order valence-corrected chi connectivity index (χ4v) is 3.23. The molecule has 188 valence electrons. The van der Waals surface area contributed by atoms with Gasteiger partial charge in [-0.25, -0.2) is 26.7 Å². The van der Waals surface area contributed by atoms with Crippen LogP contribution in [0.15, 0.2) is 48.5 Å². The van der Waals surface area contributed by atoms with E-state index < -0.39 is 46.4 Å². The summed E-state index contributed by atoms with van der Waals surface area (Å²) in [6.07, 6.45) is 5.68. The summed E-state index contributed by atoms with van der Waals surface area (Å²) in [7, 11) is 0. The van der Waals surface area contributed by atoms with Crippen LogP contribution in [-0.2, 0) is 0 Å². The lowest BCUT2D eigenvalue weighted by Gasteiger charge is -2.08. The van der Waals surface area contributed by atoms with Crippen LogP contribution in [0.2, 0.25) is 0 Å². The molecule has 0 radical (unpaired) electrons. The van der Waals surface area contributed by atoms with E-state index in [1.54, 1.807) is 24.3 Å². The number of carbonyl (C=O) groups is 1. The van der Waals surface area contributed by atoms with Crippen LogP contribution < -0.4 is 9.47 Å². The summed E-state index contributed by atoms with van der Waals surface area (Å²) in [4.78, 5) is 12.0. The van der Waals surface area contributed by atoms with Gasteiger partial charge in [0.15, 0.2) is 29.1 Å². The zero-order chi connectivity index (χ0) is 26.1. The lowest BCUT2D eigenvalue weighted by molar-refractivity contribution is 0.0718. The van der Waals surface area contributed by atoms with Gasteiger partial charge < -0.3 is 9.47 Å². The fraction of sp³-hybridized carbons (Fsp3) is 0.250. The highest BCUT2D eigenvalue weighted by Crippen LogP contribution is 2.25. The Bertz CT molecular complexity index is 1230. The van der Waals surface area contributed by atoms with E-state index >= 15 is 0 Å². The van der Waals surface area contributed by atoms with Crippen molar-refractivity contribution in [2.45, 2.75) is 39.0 Å². The highest BCUT2D eigenvalue weighted by atomic mass is 19.2. The van der Waals surface area contributed by atoms with Gasteiger partial charge in [0.05, 0.1) is 12.2 Å². The highest BCUT2D eigenvalue weighted by molar-refractivity contribution is 5.91. The molecule has 0 aliphatic rings. The number of carbonyl (C=O) groups excluding carboxylic acids is 1. The highest BCUT2D eigenvalue weighted by Gasteiger charge is 2.20. The van der Waals surface area contributed by atoms with E-state index in [1.807, 2.05) is 0 Å². The van der Waals surface area contributed by atoms with Crippen molar-refractivity contribution in [2.24, 2.45) is 0 Å². The van der Waals surface area contributed by atoms with Crippen molar-refractivity contribution in [1.82, 2.24) is 0 Å². The number of rotatable bonds is 9. The zero-order valence-electron chi connectivity index (χ0n) is 19.5. The van der Waals surface area contributed by atoms with Gasteiger partial charge in [-0.1, -0.05) is 44.4 Å². The maximum atomic E-state index is 14.4. The Hall–Kier alpha value is -3.86. The summed E-state index contributed by atoms with van der Waals surface area (Å²) >= 11 is 0. The van der Waals surface area contributed by atoms with Crippen molar-refractivity contribution in [2.75, 3.05) is 6.61 Å². The molecule has 0 aliphatic heterocycles. The maximum Gasteiger partial charge on any atom is 0.343 e. The van der Waals surface area contributed by atoms with Gasteiger partial charge >= 0.3 is 5.97 Å². The minimum absolute atomic E-state index is 0.0314. The van der Waals surface area contributed by atoms with Crippen LogP contribution in [0.5, 0.6) is 11.5 Å². The summed E-state index contributed by atoms with van der Waals surface area (Å²) in [6.45, 7) is 2.78. The van der Waals surface area contributed by atoms with E-state index in [0.29, 0.717) is 30.1 Å². The van der Waals surface area contributed by atoms with Crippen LogP contribution in [0.25, 0.3) is 0 Å². The van der Waals surface area contributed by atoms with Gasteiger partial charge in [-0.15, -0.1) is 0 Å². The van der Waals surface area contributed by atoms with Crippen LogP contribution in [-0.4, -0.2) is 12.6 Å². The van der Waals surface area contributed by atoms with Gasteiger partial charge in [0, 0.05) is 11.1 Å². The molecule has 3 nitrogen and oxygen atoms in total. The summed E-state index contributed by atoms with van der Waals surface area (Å²) < 4.78 is 78.7. The van der Waals surface area contributed by atoms with Gasteiger partial charge in [-0.05, 0) is 55.0 Å². The molecular weight excluding hydrogens is 479 g/mol. The molecule has 0 aliphatic carbocycles. The Kier molecular flexibility index (Phi) is 9.46. The maximum absolute atomic E-state index is 14.4. The molecule has 36 heavy (non-hydrogen) atoms. The van der Waals surface area contributed by atoms with Gasteiger partial charge in [0.2, 0.25) is 5.75 Å². The third-order valence-electron chi connectivity index (χ3n) is 5.13. The van der Waals surface area contributed by atoms with Crippen molar-refractivity contribution < 1.29 is 36.2 Å². The van der Waals surface area contributed by atoms with Gasteiger partial charge in [-0.2, -0.15) is 0 Å². The first kappa shape index (κ1) is 26.7. The van der Waals surface area contributed by atoms with Crippen LogP contribution >= 0.6 is 0 Å². The Morgan fingerprint density at radius 1 is 0.750 bits per heavy atom. The predicted molar refractivity (Wildman–Crippen MR) is 124 cm³/mol. The van der Waals surface area contributed by atoms with Crippen molar-refractivity contribution >= 4 is 5.97 Å². The Morgan fingerprint density at radius 2 is 1.33 bits per heavy atom. The third-order valence-corrected chi connectivity index (χ3v) is 5.13. The van der Waals surface area contributed by atoms with E-state index in [2.05, 4.69) is 23.5 Å². The number of hydrogen-bond donors (Lipinski definition) is 0. The number of hydrogen-bond acceptors (Lipinski definition) is 3. The first-order chi connectivity index (χ1) is 17.3. The van der Waals surface area contributed by atoms with Crippen molar-refractivity contribution in [3.05, 3.63) is 94.3 Å². The number of ether oxygens (including phenoxy) is 2. The molecule has 0 atom stereocenters. The first-order valence-corrected chi connectivity index (χ1v) is 11.4. The monoisotopic (exact) mass is 502 g/mol. The molecule has 0 unspecified atom stereocenters. The number of unbranched alkanes of at least 4 members (excludes halogenated alkanes) is 4. The van der Waals surface area contributed by atoms with Crippen LogP contribution in [0.4, 0.5) is 22.0 Å². The first-order valence-electron chi connectivity index (χ1n) is 11.4. The van der Waals surface area contributed by atoms with Crippen LogP contribution in [0.1, 0.15) is 60.5 Å². The van der Waals surface area contributed by atoms with Gasteiger partial charge in [0.1, 0.15) is 5.75 Å². The topological polar surface area (TPSA) is 35.5 Å². The molecule has 3 aromatic rings. The van der Waals surface area contributed by atoms with E-state index in [0.717, 1.165) is 25.0 Å². The second-order valence-corrected chi connectivity index (χ2v) is 7.95. The Balaban J connectivity index is 1.63. The summed E-state index contributed by atoms with van der Waals surface area (Å²) in [6, 6.07) is 9.34. The quantitative estimate of drug-likeness (QED) is 0.0767. The normalized spacial score (nSPS) is 10.5.